The third kappa shape index (κ3) is 5.13. The van der Waals surface area contributed by atoms with Crippen LogP contribution in [-0.4, -0.2) is 40.4 Å². The van der Waals surface area contributed by atoms with Crippen LogP contribution in [0, 0.1) is 11.3 Å². The van der Waals surface area contributed by atoms with Gasteiger partial charge in [0, 0.05) is 29.7 Å². The Hall–Kier alpha value is -3.70. The van der Waals surface area contributed by atoms with Gasteiger partial charge in [-0.3, -0.25) is 9.48 Å². The molecule has 164 valence electrons. The average Bonchev–Trinajstić information content (AvgIpc) is 3.23. The minimum Gasteiger partial charge on any atom is -0.388 e. The summed E-state index contributed by atoms with van der Waals surface area (Å²) in [5, 5.41) is 16.0. The predicted molar refractivity (Wildman–Crippen MR) is 129 cm³/mol. The Labute approximate surface area is 192 Å². The van der Waals surface area contributed by atoms with Crippen molar-refractivity contribution in [3.05, 3.63) is 78.1 Å². The number of aromatic nitrogens is 2. The van der Waals surface area contributed by atoms with Crippen molar-refractivity contribution in [1.82, 2.24) is 14.7 Å². The van der Waals surface area contributed by atoms with Crippen LogP contribution in [-0.2, 0) is 13.1 Å². The molecule has 0 aliphatic carbocycles. The van der Waals surface area contributed by atoms with Crippen LogP contribution < -0.4 is 11.1 Å². The second-order valence-corrected chi connectivity index (χ2v) is 7.96. The lowest BCUT2D eigenvalue weighted by Crippen LogP contribution is -2.31. The number of nitrogens with two attached hydrogens (primary N) is 1. The number of carbonyl (C=O) groups is 1. The molecule has 32 heavy (non-hydrogen) atoms. The first-order valence-corrected chi connectivity index (χ1v) is 11.3. The van der Waals surface area contributed by atoms with E-state index in [1.165, 1.54) is 0 Å². The van der Waals surface area contributed by atoms with Crippen molar-refractivity contribution in [3.63, 3.8) is 0 Å². The van der Waals surface area contributed by atoms with Gasteiger partial charge in [0.15, 0.2) is 0 Å². The molecule has 0 bridgehead atoms. The molecule has 1 amide bonds. The quantitative estimate of drug-likeness (QED) is 0.576. The minimum absolute atomic E-state index is 0.434. The van der Waals surface area contributed by atoms with Gasteiger partial charge < -0.3 is 16.0 Å². The molecule has 7 nitrogen and oxygen atoms in total. The van der Waals surface area contributed by atoms with Gasteiger partial charge in [-0.25, -0.2) is 0 Å². The number of hydrogen-bond acceptors (Lipinski definition) is 6. The highest BCUT2D eigenvalue weighted by Crippen LogP contribution is 2.30. The third-order valence-electron chi connectivity index (χ3n) is 5.16. The van der Waals surface area contributed by atoms with Crippen LogP contribution in [0.5, 0.6) is 0 Å². The van der Waals surface area contributed by atoms with E-state index < -0.39 is 5.91 Å². The summed E-state index contributed by atoms with van der Waals surface area (Å²) in [7, 11) is 1.85. The molecule has 4 rings (SSSR count). The first-order chi connectivity index (χ1) is 15.5. The smallest absolute Gasteiger partial charge is 0.252 e. The second kappa shape index (κ2) is 10.6. The highest BCUT2D eigenvalue weighted by molar-refractivity contribution is 7.98. The number of nitrogens with one attached hydrogen (secondary N) is 1. The van der Waals surface area contributed by atoms with Crippen molar-refractivity contribution < 1.29 is 4.79 Å². The zero-order valence-corrected chi connectivity index (χ0v) is 19.0. The summed E-state index contributed by atoms with van der Waals surface area (Å²) in [6.07, 6.45) is 3.81. The van der Waals surface area contributed by atoms with E-state index in [9.17, 15) is 4.79 Å². The molecule has 2 aromatic carbocycles. The minimum atomic E-state index is -0.434. The monoisotopic (exact) mass is 446 g/mol. The van der Waals surface area contributed by atoms with Crippen LogP contribution in [0.4, 0.5) is 5.69 Å². The van der Waals surface area contributed by atoms with Gasteiger partial charge in [0.1, 0.15) is 5.69 Å². The van der Waals surface area contributed by atoms with Gasteiger partial charge in [-0.1, -0.05) is 18.7 Å². The number of nitrogens with zero attached hydrogens (tertiary/aromatic N) is 4. The molecule has 2 heterocycles. The van der Waals surface area contributed by atoms with Gasteiger partial charge >= 0.3 is 0 Å². The van der Waals surface area contributed by atoms with Gasteiger partial charge in [-0.15, -0.1) is 11.8 Å². The Morgan fingerprint density at radius 2 is 2.03 bits per heavy atom. The Balaban J connectivity index is 0.000000243. The Kier molecular flexibility index (Phi) is 7.58. The molecule has 0 spiro atoms. The topological polar surface area (TPSA) is 100.0 Å². The van der Waals surface area contributed by atoms with E-state index in [1.807, 2.05) is 54.4 Å². The highest BCUT2D eigenvalue weighted by Gasteiger charge is 2.26. The SMILES string of the molecule is C=CN1CCn2nc(-c3cccc(SC)c3)c(C(N)=O)c2C1.CNc1ccc(C#N)cc1. The van der Waals surface area contributed by atoms with Gasteiger partial charge in [0.2, 0.25) is 0 Å². The lowest BCUT2D eigenvalue weighted by Gasteiger charge is -2.26. The molecule has 3 N–H and O–H groups in total. The van der Waals surface area contributed by atoms with E-state index in [-0.39, 0.29) is 0 Å². The van der Waals surface area contributed by atoms with Crippen molar-refractivity contribution in [2.24, 2.45) is 5.73 Å². The van der Waals surface area contributed by atoms with E-state index in [0.717, 1.165) is 34.9 Å². The molecule has 0 radical (unpaired) electrons. The van der Waals surface area contributed by atoms with E-state index in [1.54, 1.807) is 30.1 Å². The highest BCUT2D eigenvalue weighted by atomic mass is 32.2. The number of nitriles is 1. The number of benzene rings is 2. The summed E-state index contributed by atoms with van der Waals surface area (Å²) in [6.45, 7) is 5.96. The lowest BCUT2D eigenvalue weighted by molar-refractivity contribution is 0.0998. The van der Waals surface area contributed by atoms with Crippen molar-refractivity contribution >= 4 is 23.4 Å². The Morgan fingerprint density at radius 1 is 1.28 bits per heavy atom. The van der Waals surface area contributed by atoms with Gasteiger partial charge in [0.05, 0.1) is 36.0 Å². The van der Waals surface area contributed by atoms with Crippen LogP contribution in [0.15, 0.2) is 66.2 Å². The zero-order valence-electron chi connectivity index (χ0n) is 18.2. The van der Waals surface area contributed by atoms with Crippen LogP contribution in [0.3, 0.4) is 0 Å². The maximum absolute atomic E-state index is 12.0. The summed E-state index contributed by atoms with van der Waals surface area (Å²) in [6, 6.07) is 17.4. The molecular formula is C24H26N6OS. The third-order valence-corrected chi connectivity index (χ3v) is 5.89. The van der Waals surface area contributed by atoms with Gasteiger partial charge in [-0.2, -0.15) is 10.4 Å². The molecule has 0 atom stereocenters. The molecule has 0 fully saturated rings. The molecule has 1 aromatic heterocycles. The zero-order chi connectivity index (χ0) is 23.1. The van der Waals surface area contributed by atoms with Crippen LogP contribution >= 0.6 is 11.8 Å². The summed E-state index contributed by atoms with van der Waals surface area (Å²) in [5.41, 5.74) is 10.3. The maximum Gasteiger partial charge on any atom is 0.252 e. The number of thioether (sulfide) groups is 1. The molecular weight excluding hydrogens is 420 g/mol. The van der Waals surface area contributed by atoms with E-state index in [0.29, 0.717) is 23.4 Å². The van der Waals surface area contributed by atoms with E-state index in [2.05, 4.69) is 28.0 Å². The molecule has 0 unspecified atom stereocenters. The number of anilines is 1. The summed E-state index contributed by atoms with van der Waals surface area (Å²) in [4.78, 5) is 15.2. The molecule has 0 saturated carbocycles. The Morgan fingerprint density at radius 3 is 2.62 bits per heavy atom. The van der Waals surface area contributed by atoms with Crippen molar-refractivity contribution in [2.75, 3.05) is 25.2 Å². The molecule has 3 aromatic rings. The van der Waals surface area contributed by atoms with Gasteiger partial charge in [-0.05, 0) is 48.9 Å². The molecule has 8 heteroatoms. The summed E-state index contributed by atoms with van der Waals surface area (Å²) in [5.74, 6) is -0.434. The van der Waals surface area contributed by atoms with Crippen LogP contribution in [0.1, 0.15) is 21.6 Å². The number of amides is 1. The van der Waals surface area contributed by atoms with Gasteiger partial charge in [0.25, 0.3) is 5.91 Å². The van der Waals surface area contributed by atoms with Crippen molar-refractivity contribution in [1.29, 1.82) is 5.26 Å². The largest absolute Gasteiger partial charge is 0.388 e. The first-order valence-electron chi connectivity index (χ1n) is 10.1. The maximum atomic E-state index is 12.0. The fraction of sp³-hybridized carbons (Fsp3) is 0.208. The summed E-state index contributed by atoms with van der Waals surface area (Å²) < 4.78 is 1.89. The number of primary amides is 1. The predicted octanol–water partition coefficient (Wildman–Crippen LogP) is 3.93. The molecule has 1 aliphatic rings. The first kappa shape index (κ1) is 23.0. The number of hydrogen-bond donors (Lipinski definition) is 2. The van der Waals surface area contributed by atoms with Crippen molar-refractivity contribution in [2.45, 2.75) is 18.0 Å². The number of fused-ring (bicyclic) bond motifs is 1. The lowest BCUT2D eigenvalue weighted by atomic mass is 10.0. The van der Waals surface area contributed by atoms with Crippen LogP contribution in [0.25, 0.3) is 11.3 Å². The standard InChI is InChI=1S/C16H18N4OS.C8H8N2/c1-3-19-7-8-20-13(10-19)14(16(17)21)15(18-20)11-5-4-6-12(9-11)22-2;1-10-8-4-2-7(6-9)3-5-8/h3-6,9H,1,7-8,10H2,2H3,(H2,17,21);2-5,10H,1H3. The fourth-order valence-electron chi connectivity index (χ4n) is 3.44. The van der Waals surface area contributed by atoms with Crippen LogP contribution in [0.2, 0.25) is 0 Å². The number of rotatable bonds is 5. The van der Waals surface area contributed by atoms with E-state index in [4.69, 9.17) is 11.0 Å². The number of carbonyl (C=O) groups excluding carboxylic acids is 1. The van der Waals surface area contributed by atoms with E-state index >= 15 is 0 Å². The normalized spacial score (nSPS) is 12.1. The Bertz CT molecular complexity index is 1150. The summed E-state index contributed by atoms with van der Waals surface area (Å²) >= 11 is 1.66. The average molecular weight is 447 g/mol. The molecule has 0 saturated heterocycles. The van der Waals surface area contributed by atoms with Crippen molar-refractivity contribution in [3.8, 4) is 17.3 Å². The molecule has 1 aliphatic heterocycles. The fourth-order valence-corrected chi connectivity index (χ4v) is 3.90. The second-order valence-electron chi connectivity index (χ2n) is 7.08.